The minimum atomic E-state index is -4.22. The Kier molecular flexibility index (Phi) is 9.44. The van der Waals surface area contributed by atoms with Crippen LogP contribution in [0.4, 0.5) is 17.1 Å². The second kappa shape index (κ2) is 12.8. The van der Waals surface area contributed by atoms with Crippen LogP contribution in [0, 0.1) is 0 Å². The highest BCUT2D eigenvalue weighted by atomic mass is 35.5. The highest BCUT2D eigenvalue weighted by Gasteiger charge is 2.29. The molecule has 0 aliphatic rings. The Balaban J connectivity index is 1.57. The highest BCUT2D eigenvalue weighted by molar-refractivity contribution is 7.93. The van der Waals surface area contributed by atoms with E-state index in [-0.39, 0.29) is 44.2 Å². The molecule has 214 valence electrons. The molecular formula is C28H25Cl2N3O6S2. The van der Waals surface area contributed by atoms with Crippen LogP contribution in [0.3, 0.4) is 0 Å². The van der Waals surface area contributed by atoms with E-state index >= 15 is 0 Å². The molecule has 4 aromatic carbocycles. The molecule has 1 amide bonds. The molecule has 13 heteroatoms. The molecule has 4 aromatic rings. The summed E-state index contributed by atoms with van der Waals surface area (Å²) in [5.74, 6) is -0.389. The second-order valence-electron chi connectivity index (χ2n) is 8.52. The first-order chi connectivity index (χ1) is 19.5. The maximum Gasteiger partial charge on any atom is 0.264 e. The fraction of sp³-hybridized carbons (Fsp3) is 0.107. The van der Waals surface area contributed by atoms with E-state index in [4.69, 9.17) is 27.9 Å². The van der Waals surface area contributed by atoms with Gasteiger partial charge in [0.25, 0.3) is 20.0 Å². The Hall–Kier alpha value is -3.77. The average Bonchev–Trinajstić information content (AvgIpc) is 2.94. The lowest BCUT2D eigenvalue weighted by Gasteiger charge is -2.26. The first kappa shape index (κ1) is 30.2. The number of hydrogen-bond acceptors (Lipinski definition) is 6. The summed E-state index contributed by atoms with van der Waals surface area (Å²) < 4.78 is 61.9. The van der Waals surface area contributed by atoms with Crippen molar-refractivity contribution in [2.24, 2.45) is 0 Å². The Morgan fingerprint density at radius 2 is 1.41 bits per heavy atom. The molecule has 41 heavy (non-hydrogen) atoms. The number of halogens is 2. The highest BCUT2D eigenvalue weighted by Crippen LogP contribution is 2.33. The molecule has 0 fully saturated rings. The standard InChI is InChI=1S/C28H25Cl2N3O6S2/c1-2-39-27-10-6-5-9-26(27)33(41(37,38)23-15-11-20(29)12-16-23)19-28(34)31-21-13-17-22(18-14-21)40(35,36)32-25-8-4-3-7-24(25)30/h3-18,32H,2,19H2,1H3,(H,31,34). The smallest absolute Gasteiger partial charge is 0.264 e. The quantitative estimate of drug-likeness (QED) is 0.208. The van der Waals surface area contributed by atoms with Crippen molar-refractivity contribution in [2.45, 2.75) is 16.7 Å². The van der Waals surface area contributed by atoms with Crippen molar-refractivity contribution in [3.63, 3.8) is 0 Å². The molecule has 0 aromatic heterocycles. The number of nitrogens with one attached hydrogen (secondary N) is 2. The number of anilines is 3. The summed E-state index contributed by atoms with van der Waals surface area (Å²) >= 11 is 12.0. The van der Waals surface area contributed by atoms with Gasteiger partial charge in [0.05, 0.1) is 32.8 Å². The average molecular weight is 635 g/mol. The Bertz CT molecular complexity index is 1750. The fourth-order valence-electron chi connectivity index (χ4n) is 3.77. The van der Waals surface area contributed by atoms with E-state index in [2.05, 4.69) is 10.0 Å². The van der Waals surface area contributed by atoms with Gasteiger partial charge in [-0.05, 0) is 79.7 Å². The van der Waals surface area contributed by atoms with Gasteiger partial charge in [-0.3, -0.25) is 13.8 Å². The topological polar surface area (TPSA) is 122 Å². The van der Waals surface area contributed by atoms with Gasteiger partial charge in [0.2, 0.25) is 5.91 Å². The number of ether oxygens (including phenoxy) is 1. The molecule has 9 nitrogen and oxygen atoms in total. The van der Waals surface area contributed by atoms with Gasteiger partial charge < -0.3 is 10.1 Å². The van der Waals surface area contributed by atoms with Crippen LogP contribution in [-0.4, -0.2) is 35.9 Å². The fourth-order valence-corrected chi connectivity index (χ4v) is 6.65. The summed E-state index contributed by atoms with van der Waals surface area (Å²) in [5.41, 5.74) is 0.654. The molecule has 0 bridgehead atoms. The monoisotopic (exact) mass is 633 g/mol. The van der Waals surface area contributed by atoms with Crippen molar-refractivity contribution in [3.8, 4) is 5.75 Å². The molecule has 4 rings (SSSR count). The van der Waals surface area contributed by atoms with Crippen molar-refractivity contribution in [3.05, 3.63) is 107 Å². The van der Waals surface area contributed by atoms with E-state index in [1.54, 1.807) is 43.3 Å². The zero-order valence-corrected chi connectivity index (χ0v) is 24.8. The molecule has 0 saturated carbocycles. The summed E-state index contributed by atoms with van der Waals surface area (Å²) in [6.45, 7) is 1.44. The SMILES string of the molecule is CCOc1ccccc1N(CC(=O)Nc1ccc(S(=O)(=O)Nc2ccccc2Cl)cc1)S(=O)(=O)c1ccc(Cl)cc1. The van der Waals surface area contributed by atoms with Crippen LogP contribution in [0.15, 0.2) is 107 Å². The van der Waals surface area contributed by atoms with Gasteiger partial charge in [-0.2, -0.15) is 0 Å². The maximum absolute atomic E-state index is 13.7. The van der Waals surface area contributed by atoms with E-state index in [1.807, 2.05) is 0 Å². The summed E-state index contributed by atoms with van der Waals surface area (Å²) in [6.07, 6.45) is 0. The van der Waals surface area contributed by atoms with Crippen molar-refractivity contribution in [2.75, 3.05) is 27.5 Å². The summed E-state index contributed by atoms with van der Waals surface area (Å²) in [5, 5.41) is 3.22. The van der Waals surface area contributed by atoms with Crippen molar-refractivity contribution in [1.82, 2.24) is 0 Å². The van der Waals surface area contributed by atoms with Crippen LogP contribution in [0.2, 0.25) is 10.0 Å². The van der Waals surface area contributed by atoms with Crippen LogP contribution in [0.25, 0.3) is 0 Å². The number of nitrogens with zero attached hydrogens (tertiary/aromatic N) is 1. The van der Waals surface area contributed by atoms with Gasteiger partial charge in [0, 0.05) is 10.7 Å². The maximum atomic E-state index is 13.7. The number of hydrogen-bond donors (Lipinski definition) is 2. The van der Waals surface area contributed by atoms with Gasteiger partial charge in [-0.15, -0.1) is 0 Å². The normalized spacial score (nSPS) is 11.5. The molecule has 0 radical (unpaired) electrons. The molecule has 0 spiro atoms. The summed E-state index contributed by atoms with van der Waals surface area (Å²) in [4.78, 5) is 13.0. The van der Waals surface area contributed by atoms with Crippen LogP contribution < -0.4 is 19.1 Å². The van der Waals surface area contributed by atoms with E-state index in [0.29, 0.717) is 5.02 Å². The third kappa shape index (κ3) is 7.31. The van der Waals surface area contributed by atoms with Crippen LogP contribution in [-0.2, 0) is 24.8 Å². The van der Waals surface area contributed by atoms with E-state index < -0.39 is 32.5 Å². The van der Waals surface area contributed by atoms with E-state index in [0.717, 1.165) is 4.31 Å². The number of carbonyl (C=O) groups excluding carboxylic acids is 1. The lowest BCUT2D eigenvalue weighted by Crippen LogP contribution is -2.38. The zero-order chi connectivity index (χ0) is 29.6. The van der Waals surface area contributed by atoms with Crippen molar-refractivity contribution < 1.29 is 26.4 Å². The first-order valence-corrected chi connectivity index (χ1v) is 15.9. The number of rotatable bonds is 11. The van der Waals surface area contributed by atoms with Crippen molar-refractivity contribution in [1.29, 1.82) is 0 Å². The van der Waals surface area contributed by atoms with Crippen LogP contribution in [0.5, 0.6) is 5.75 Å². The molecule has 0 heterocycles. The molecule has 0 saturated heterocycles. The largest absolute Gasteiger partial charge is 0.492 e. The van der Waals surface area contributed by atoms with Crippen LogP contribution >= 0.6 is 23.2 Å². The molecule has 0 aliphatic heterocycles. The van der Waals surface area contributed by atoms with Gasteiger partial charge in [-0.1, -0.05) is 47.5 Å². The zero-order valence-electron chi connectivity index (χ0n) is 21.6. The Labute approximate surface area is 248 Å². The minimum absolute atomic E-state index is 0.0620. The van der Waals surface area contributed by atoms with Gasteiger partial charge in [0.1, 0.15) is 12.3 Å². The number of benzene rings is 4. The first-order valence-electron chi connectivity index (χ1n) is 12.2. The number of para-hydroxylation sites is 3. The second-order valence-corrected chi connectivity index (χ2v) is 12.9. The number of sulfonamides is 2. The molecule has 0 atom stereocenters. The lowest BCUT2D eigenvalue weighted by atomic mass is 10.3. The Morgan fingerprint density at radius 1 is 0.805 bits per heavy atom. The van der Waals surface area contributed by atoms with Crippen LogP contribution in [0.1, 0.15) is 6.92 Å². The Morgan fingerprint density at radius 3 is 2.07 bits per heavy atom. The summed E-state index contributed by atoms with van der Waals surface area (Å²) in [6, 6.07) is 23.9. The molecular weight excluding hydrogens is 609 g/mol. The number of carbonyl (C=O) groups is 1. The lowest BCUT2D eigenvalue weighted by molar-refractivity contribution is -0.114. The molecule has 0 aliphatic carbocycles. The molecule has 2 N–H and O–H groups in total. The van der Waals surface area contributed by atoms with Gasteiger partial charge in [0.15, 0.2) is 0 Å². The molecule has 0 unspecified atom stereocenters. The number of amides is 1. The van der Waals surface area contributed by atoms with Gasteiger partial charge in [-0.25, -0.2) is 16.8 Å². The van der Waals surface area contributed by atoms with Crippen molar-refractivity contribution >= 4 is 66.2 Å². The van der Waals surface area contributed by atoms with E-state index in [9.17, 15) is 21.6 Å². The third-order valence-electron chi connectivity index (χ3n) is 5.69. The minimum Gasteiger partial charge on any atom is -0.492 e. The summed E-state index contributed by atoms with van der Waals surface area (Å²) in [7, 11) is -8.18. The van der Waals surface area contributed by atoms with Gasteiger partial charge >= 0.3 is 0 Å². The third-order valence-corrected chi connectivity index (χ3v) is 9.43. The van der Waals surface area contributed by atoms with E-state index in [1.165, 1.54) is 60.7 Å². The predicted molar refractivity (Wildman–Crippen MR) is 161 cm³/mol. The predicted octanol–water partition coefficient (Wildman–Crippen LogP) is 6.03.